The van der Waals surface area contributed by atoms with E-state index in [4.69, 9.17) is 4.74 Å². The Hall–Kier alpha value is -2.91. The van der Waals surface area contributed by atoms with Gasteiger partial charge in [-0.15, -0.1) is 0 Å². The minimum atomic E-state index is -3.94. The summed E-state index contributed by atoms with van der Waals surface area (Å²) in [6.45, 7) is 0.734. The Morgan fingerprint density at radius 3 is 2.45 bits per heavy atom. The average Bonchev–Trinajstić information content (AvgIpc) is 3.20. The monoisotopic (exact) mass is 444 g/mol. The van der Waals surface area contributed by atoms with Crippen LogP contribution in [0, 0.1) is 5.92 Å². The molecule has 4 rings (SSSR count). The molecule has 1 amide bonds. The molecule has 1 atom stereocenters. The number of nitrogens with one attached hydrogen (secondary N) is 1. The van der Waals surface area contributed by atoms with Gasteiger partial charge in [-0.3, -0.25) is 4.79 Å². The molecule has 2 N–H and O–H groups in total. The molecule has 0 aromatic heterocycles. The third kappa shape index (κ3) is 4.42. The predicted octanol–water partition coefficient (Wildman–Crippen LogP) is 1.91. The van der Waals surface area contributed by atoms with Crippen molar-refractivity contribution in [1.29, 1.82) is 0 Å². The predicted molar refractivity (Wildman–Crippen MR) is 112 cm³/mol. The number of hydrogen-bond acceptors (Lipinski definition) is 5. The lowest BCUT2D eigenvalue weighted by Crippen LogP contribution is -2.44. The highest BCUT2D eigenvalue weighted by molar-refractivity contribution is 7.89. The van der Waals surface area contributed by atoms with Gasteiger partial charge in [0.15, 0.2) is 0 Å². The van der Waals surface area contributed by atoms with Crippen molar-refractivity contribution in [3.8, 4) is 5.75 Å². The lowest BCUT2D eigenvalue weighted by Gasteiger charge is -2.31. The molecule has 1 fully saturated rings. The Bertz CT molecular complexity index is 1070. The van der Waals surface area contributed by atoms with Crippen molar-refractivity contribution >= 4 is 21.9 Å². The number of ether oxygens (including phenoxy) is 1. The van der Waals surface area contributed by atoms with E-state index in [1.165, 1.54) is 28.6 Å². The molecule has 0 unspecified atom stereocenters. The van der Waals surface area contributed by atoms with Crippen molar-refractivity contribution in [2.24, 2.45) is 5.92 Å². The molecule has 164 valence electrons. The van der Waals surface area contributed by atoms with Gasteiger partial charge >= 0.3 is 5.97 Å². The van der Waals surface area contributed by atoms with E-state index in [0.717, 1.165) is 17.7 Å². The van der Waals surface area contributed by atoms with Crippen molar-refractivity contribution in [2.45, 2.75) is 30.3 Å². The summed E-state index contributed by atoms with van der Waals surface area (Å²) in [5, 5.41) is 12.2. The van der Waals surface area contributed by atoms with E-state index in [1.807, 2.05) is 24.3 Å². The summed E-state index contributed by atoms with van der Waals surface area (Å²) in [6.07, 6.45) is 1.41. The van der Waals surface area contributed by atoms with Gasteiger partial charge in [-0.25, -0.2) is 13.2 Å². The zero-order chi connectivity index (χ0) is 22.0. The van der Waals surface area contributed by atoms with Crippen LogP contribution in [0.3, 0.4) is 0 Å². The van der Waals surface area contributed by atoms with Crippen LogP contribution >= 0.6 is 0 Å². The first-order valence-electron chi connectivity index (χ1n) is 10.2. The molecule has 2 aliphatic rings. The summed E-state index contributed by atoms with van der Waals surface area (Å²) >= 11 is 0. The van der Waals surface area contributed by atoms with Gasteiger partial charge in [-0.2, -0.15) is 4.31 Å². The first kappa shape index (κ1) is 21.3. The first-order chi connectivity index (χ1) is 14.9. The van der Waals surface area contributed by atoms with Gasteiger partial charge in [0.2, 0.25) is 15.9 Å². The zero-order valence-electron chi connectivity index (χ0n) is 16.9. The Morgan fingerprint density at radius 2 is 1.74 bits per heavy atom. The Labute approximate surface area is 180 Å². The number of amides is 1. The van der Waals surface area contributed by atoms with E-state index in [1.54, 1.807) is 0 Å². The molecule has 2 heterocycles. The maximum Gasteiger partial charge on any atom is 0.337 e. The van der Waals surface area contributed by atoms with E-state index in [0.29, 0.717) is 19.4 Å². The number of carboxylic acid groups (broad SMARTS) is 1. The van der Waals surface area contributed by atoms with Crippen LogP contribution in [0.5, 0.6) is 5.75 Å². The number of nitrogens with zero attached hydrogens (tertiary/aromatic N) is 1. The third-order valence-electron chi connectivity index (χ3n) is 5.78. The lowest BCUT2D eigenvalue weighted by molar-refractivity contribution is -0.126. The Morgan fingerprint density at radius 1 is 1.06 bits per heavy atom. The maximum atomic E-state index is 12.9. The SMILES string of the molecule is O=C(O)c1ccccc1S(=O)(=O)N1CCC(C(=O)NC[C@@H]2Cc3ccccc3O2)CC1. The first-order valence-corrected chi connectivity index (χ1v) is 11.6. The topological polar surface area (TPSA) is 113 Å². The standard InChI is InChI=1S/C22H24N2O6S/c25-21(23-14-17-13-16-5-1-3-7-19(16)30-17)15-9-11-24(12-10-15)31(28,29)20-8-4-2-6-18(20)22(26)27/h1-8,15,17H,9-14H2,(H,23,25)(H,26,27)/t17-/m0/s1. The molecule has 9 heteroatoms. The summed E-state index contributed by atoms with van der Waals surface area (Å²) in [7, 11) is -3.94. The van der Waals surface area contributed by atoms with Gasteiger partial charge in [-0.05, 0) is 36.6 Å². The molecule has 0 spiro atoms. The number of carboxylic acids is 1. The summed E-state index contributed by atoms with van der Waals surface area (Å²) in [5.41, 5.74) is 0.877. The van der Waals surface area contributed by atoms with Gasteiger partial charge in [0, 0.05) is 25.4 Å². The largest absolute Gasteiger partial charge is 0.488 e. The molecule has 0 radical (unpaired) electrons. The fraction of sp³-hybridized carbons (Fsp3) is 0.364. The Balaban J connectivity index is 1.31. The number of aromatic carboxylic acids is 1. The summed E-state index contributed by atoms with van der Waals surface area (Å²) in [4.78, 5) is 23.8. The van der Waals surface area contributed by atoms with Crippen molar-refractivity contribution in [2.75, 3.05) is 19.6 Å². The molecule has 8 nitrogen and oxygen atoms in total. The van der Waals surface area contributed by atoms with Crippen molar-refractivity contribution in [1.82, 2.24) is 9.62 Å². The highest BCUT2D eigenvalue weighted by Gasteiger charge is 2.34. The summed E-state index contributed by atoms with van der Waals surface area (Å²) < 4.78 is 33.0. The summed E-state index contributed by atoms with van der Waals surface area (Å²) in [5.74, 6) is -0.834. The number of fused-ring (bicyclic) bond motifs is 1. The van der Waals surface area contributed by atoms with Crippen LogP contribution in [0.1, 0.15) is 28.8 Å². The van der Waals surface area contributed by atoms with E-state index in [-0.39, 0.29) is 41.5 Å². The van der Waals surface area contributed by atoms with E-state index in [2.05, 4.69) is 5.32 Å². The second-order valence-corrected chi connectivity index (χ2v) is 9.68. The van der Waals surface area contributed by atoms with Gasteiger partial charge in [0.1, 0.15) is 11.9 Å². The van der Waals surface area contributed by atoms with Gasteiger partial charge in [0.05, 0.1) is 17.0 Å². The van der Waals surface area contributed by atoms with E-state index in [9.17, 15) is 23.1 Å². The lowest BCUT2D eigenvalue weighted by atomic mass is 9.97. The van der Waals surface area contributed by atoms with Crippen LogP contribution in [0.25, 0.3) is 0 Å². The number of benzene rings is 2. The molecular formula is C22H24N2O6S. The smallest absolute Gasteiger partial charge is 0.337 e. The zero-order valence-corrected chi connectivity index (χ0v) is 17.7. The number of rotatable bonds is 6. The van der Waals surface area contributed by atoms with E-state index < -0.39 is 16.0 Å². The molecule has 2 aliphatic heterocycles. The van der Waals surface area contributed by atoms with Gasteiger partial charge < -0.3 is 15.2 Å². The number of piperidine rings is 1. The fourth-order valence-corrected chi connectivity index (χ4v) is 5.75. The van der Waals surface area contributed by atoms with Crippen LogP contribution < -0.4 is 10.1 Å². The molecule has 2 aromatic carbocycles. The van der Waals surface area contributed by atoms with Crippen LogP contribution in [-0.2, 0) is 21.2 Å². The van der Waals surface area contributed by atoms with Crippen molar-refractivity contribution in [3.05, 3.63) is 59.7 Å². The highest BCUT2D eigenvalue weighted by Crippen LogP contribution is 2.28. The number of carbonyl (C=O) groups excluding carboxylic acids is 1. The molecule has 1 saturated heterocycles. The quantitative estimate of drug-likeness (QED) is 0.704. The van der Waals surface area contributed by atoms with Crippen molar-refractivity contribution < 1.29 is 27.9 Å². The number of hydrogen-bond donors (Lipinski definition) is 2. The molecule has 0 saturated carbocycles. The molecule has 2 aromatic rings. The second-order valence-electron chi connectivity index (χ2n) is 7.78. The molecule has 31 heavy (non-hydrogen) atoms. The number of para-hydroxylation sites is 1. The molecule has 0 bridgehead atoms. The van der Waals surface area contributed by atoms with Crippen LogP contribution in [-0.4, -0.2) is 55.4 Å². The maximum absolute atomic E-state index is 12.9. The minimum absolute atomic E-state index is 0.102. The van der Waals surface area contributed by atoms with E-state index >= 15 is 0 Å². The van der Waals surface area contributed by atoms with Crippen molar-refractivity contribution in [3.63, 3.8) is 0 Å². The van der Waals surface area contributed by atoms with Crippen LogP contribution in [0.4, 0.5) is 0 Å². The summed E-state index contributed by atoms with van der Waals surface area (Å²) in [6, 6.07) is 13.4. The third-order valence-corrected chi connectivity index (χ3v) is 7.73. The fourth-order valence-electron chi connectivity index (χ4n) is 4.09. The minimum Gasteiger partial charge on any atom is -0.488 e. The normalized spacial score (nSPS) is 19.4. The highest BCUT2D eigenvalue weighted by atomic mass is 32.2. The Kier molecular flexibility index (Phi) is 5.97. The molecular weight excluding hydrogens is 420 g/mol. The van der Waals surface area contributed by atoms with Gasteiger partial charge in [-0.1, -0.05) is 30.3 Å². The van der Waals surface area contributed by atoms with Crippen LogP contribution in [0.15, 0.2) is 53.4 Å². The van der Waals surface area contributed by atoms with Gasteiger partial charge in [0.25, 0.3) is 0 Å². The molecule has 0 aliphatic carbocycles. The number of carbonyl (C=O) groups is 2. The number of sulfonamides is 1. The van der Waals surface area contributed by atoms with Crippen LogP contribution in [0.2, 0.25) is 0 Å². The second kappa shape index (κ2) is 8.68. The average molecular weight is 445 g/mol.